The lowest BCUT2D eigenvalue weighted by Gasteiger charge is -2.30. The Morgan fingerprint density at radius 1 is 1.23 bits per heavy atom. The van der Waals surface area contributed by atoms with Gasteiger partial charge >= 0.3 is 6.18 Å². The van der Waals surface area contributed by atoms with Gasteiger partial charge in [-0.1, -0.05) is 36.2 Å². The number of alkyl halides is 3. The number of aryl methyl sites for hydroxylation is 1. The van der Waals surface area contributed by atoms with Crippen molar-refractivity contribution in [2.45, 2.75) is 50.1 Å². The summed E-state index contributed by atoms with van der Waals surface area (Å²) in [6.45, 7) is 5.45. The maximum absolute atomic E-state index is 14.3. The van der Waals surface area contributed by atoms with Gasteiger partial charge in [0.1, 0.15) is 0 Å². The Kier molecular flexibility index (Phi) is 7.77. The van der Waals surface area contributed by atoms with E-state index >= 15 is 0 Å². The van der Waals surface area contributed by atoms with Gasteiger partial charge < -0.3 is 10.6 Å². The maximum atomic E-state index is 14.3. The summed E-state index contributed by atoms with van der Waals surface area (Å²) in [4.78, 5) is 12.8. The monoisotopic (exact) mass is 543 g/mol. The molecule has 4 nitrogen and oxygen atoms in total. The largest absolute Gasteiger partial charge is 0.409 e. The normalized spacial score (nSPS) is 24.8. The van der Waals surface area contributed by atoms with Crippen LogP contribution in [0.1, 0.15) is 53.2 Å². The summed E-state index contributed by atoms with van der Waals surface area (Å²) in [6, 6.07) is 9.22. The van der Waals surface area contributed by atoms with Crippen molar-refractivity contribution in [1.82, 2.24) is 10.6 Å². The molecule has 2 aliphatic heterocycles. The summed E-state index contributed by atoms with van der Waals surface area (Å²) in [5, 5.41) is 6.66. The van der Waals surface area contributed by atoms with Gasteiger partial charge in [-0.3, -0.25) is 4.79 Å². The first-order valence-electron chi connectivity index (χ1n) is 11.4. The Labute approximate surface area is 217 Å². The van der Waals surface area contributed by atoms with Gasteiger partial charge in [0, 0.05) is 34.6 Å². The van der Waals surface area contributed by atoms with E-state index in [9.17, 15) is 18.0 Å². The van der Waals surface area contributed by atoms with Gasteiger partial charge in [-0.2, -0.15) is 13.2 Å². The third-order valence-corrected chi connectivity index (χ3v) is 8.26. The van der Waals surface area contributed by atoms with Crippen LogP contribution >= 0.6 is 35.1 Å². The van der Waals surface area contributed by atoms with E-state index < -0.39 is 10.9 Å². The third kappa shape index (κ3) is 5.66. The molecule has 1 amide bonds. The Hall–Kier alpha value is -1.74. The number of piperidine rings is 1. The van der Waals surface area contributed by atoms with Gasteiger partial charge in [0.05, 0.1) is 5.71 Å². The Morgan fingerprint density at radius 2 is 1.94 bits per heavy atom. The van der Waals surface area contributed by atoms with Crippen molar-refractivity contribution in [3.8, 4) is 0 Å². The average Bonchev–Trinajstić information content (AvgIpc) is 3.24. The van der Waals surface area contributed by atoms with Crippen LogP contribution in [0.2, 0.25) is 10.0 Å². The molecule has 2 aromatic carbocycles. The molecule has 4 rings (SSSR count). The lowest BCUT2D eigenvalue weighted by atomic mass is 9.89. The fourth-order valence-electron chi connectivity index (χ4n) is 4.63. The Balaban J connectivity index is 1.51. The number of hydrogen-bond donors (Lipinski definition) is 2. The van der Waals surface area contributed by atoms with E-state index in [1.807, 2.05) is 0 Å². The molecular weight excluding hydrogens is 518 g/mol. The zero-order valence-corrected chi connectivity index (χ0v) is 21.6. The van der Waals surface area contributed by atoms with Gasteiger partial charge in [0.2, 0.25) is 0 Å². The minimum absolute atomic E-state index is 0.0374. The molecule has 2 aromatic rings. The zero-order chi connectivity index (χ0) is 25.4. The summed E-state index contributed by atoms with van der Waals surface area (Å²) in [5.74, 6) is 0.422. The highest BCUT2D eigenvalue weighted by Gasteiger charge is 2.60. The van der Waals surface area contributed by atoms with Crippen LogP contribution in [0, 0.1) is 12.8 Å². The van der Waals surface area contributed by atoms with Crippen LogP contribution in [0.3, 0.4) is 0 Å². The molecule has 2 aliphatic rings. The molecule has 35 heavy (non-hydrogen) atoms. The van der Waals surface area contributed by atoms with Crippen LogP contribution in [-0.4, -0.2) is 36.9 Å². The molecule has 188 valence electrons. The number of halogens is 5. The van der Waals surface area contributed by atoms with Crippen molar-refractivity contribution in [1.29, 1.82) is 0 Å². The molecule has 1 saturated heterocycles. The fraction of sp³-hybridized carbons (Fsp3) is 0.440. The molecule has 1 fully saturated rings. The second-order valence-electron chi connectivity index (χ2n) is 9.31. The third-order valence-electron chi connectivity index (χ3n) is 6.59. The van der Waals surface area contributed by atoms with Gasteiger partial charge in [-0.15, -0.1) is 0 Å². The molecule has 3 atom stereocenters. The predicted molar refractivity (Wildman–Crippen MR) is 137 cm³/mol. The molecule has 0 bridgehead atoms. The molecule has 2 heterocycles. The van der Waals surface area contributed by atoms with Crippen molar-refractivity contribution in [2.75, 3.05) is 13.1 Å². The SMILES string of the molecule is Cc1cc(C2=NSC(c3cc(Cl)cc(Cl)c3)(C(F)(F)F)C2)ccc1C(=O)NC[C@H]1C[C@H](C)CCN1. The maximum Gasteiger partial charge on any atom is 0.409 e. The van der Waals surface area contributed by atoms with Crippen LogP contribution < -0.4 is 10.6 Å². The molecule has 0 aromatic heterocycles. The average molecular weight is 544 g/mol. The van der Waals surface area contributed by atoms with Crippen LogP contribution in [0.5, 0.6) is 0 Å². The Morgan fingerprint density at radius 3 is 2.57 bits per heavy atom. The number of benzene rings is 2. The summed E-state index contributed by atoms with van der Waals surface area (Å²) >= 11 is 12.5. The Bertz CT molecular complexity index is 1140. The van der Waals surface area contributed by atoms with E-state index in [4.69, 9.17) is 23.2 Å². The van der Waals surface area contributed by atoms with Crippen molar-refractivity contribution in [3.63, 3.8) is 0 Å². The summed E-state index contributed by atoms with van der Waals surface area (Å²) in [7, 11) is 0. The van der Waals surface area contributed by atoms with Crippen LogP contribution in [0.25, 0.3) is 0 Å². The molecule has 2 N–H and O–H groups in total. The van der Waals surface area contributed by atoms with E-state index in [1.54, 1.807) is 25.1 Å². The standard InChI is InChI=1S/C25H26Cl2F3N3OS/c1-14-5-6-31-20(7-14)13-32-23(34)21-4-3-16(8-15(21)2)22-12-24(35-33-22,25(28,29)30)17-9-18(26)11-19(27)10-17/h3-4,8-11,14,20,31H,5-7,12-13H2,1-2H3,(H,32,34)/t14-,20-,24?/m1/s1. The highest BCUT2D eigenvalue weighted by atomic mass is 35.5. The number of carbonyl (C=O) groups is 1. The first-order chi connectivity index (χ1) is 16.5. The van der Waals surface area contributed by atoms with Crippen molar-refractivity contribution in [3.05, 3.63) is 68.7 Å². The topological polar surface area (TPSA) is 53.5 Å². The van der Waals surface area contributed by atoms with Gasteiger partial charge in [0.15, 0.2) is 4.75 Å². The molecule has 0 aliphatic carbocycles. The van der Waals surface area contributed by atoms with E-state index in [-0.39, 0.29) is 34.0 Å². The molecule has 1 unspecified atom stereocenters. The lowest BCUT2D eigenvalue weighted by molar-refractivity contribution is -0.159. The van der Waals surface area contributed by atoms with Crippen LogP contribution in [0.4, 0.5) is 13.2 Å². The smallest absolute Gasteiger partial charge is 0.350 e. The predicted octanol–water partition coefficient (Wildman–Crippen LogP) is 6.72. The van der Waals surface area contributed by atoms with E-state index in [1.165, 1.54) is 18.2 Å². The van der Waals surface area contributed by atoms with Gasteiger partial charge in [-0.25, -0.2) is 4.40 Å². The van der Waals surface area contributed by atoms with E-state index in [0.29, 0.717) is 46.8 Å². The first-order valence-corrected chi connectivity index (χ1v) is 12.9. The van der Waals surface area contributed by atoms with Gasteiger partial charge in [-0.05, 0) is 91.2 Å². The molecule has 10 heteroatoms. The molecular formula is C25H26Cl2F3N3OS. The van der Waals surface area contributed by atoms with Gasteiger partial charge in [0.25, 0.3) is 5.91 Å². The minimum atomic E-state index is -4.59. The first kappa shape index (κ1) is 26.3. The van der Waals surface area contributed by atoms with Crippen molar-refractivity contribution >= 4 is 46.8 Å². The van der Waals surface area contributed by atoms with E-state index in [0.717, 1.165) is 19.4 Å². The molecule has 0 saturated carbocycles. The van der Waals surface area contributed by atoms with Crippen LogP contribution in [0.15, 0.2) is 40.8 Å². The van der Waals surface area contributed by atoms with Crippen LogP contribution in [-0.2, 0) is 4.75 Å². The van der Waals surface area contributed by atoms with Crippen molar-refractivity contribution in [2.24, 2.45) is 10.3 Å². The number of carbonyl (C=O) groups excluding carboxylic acids is 1. The number of amides is 1. The lowest BCUT2D eigenvalue weighted by Crippen LogP contribution is -2.45. The zero-order valence-electron chi connectivity index (χ0n) is 19.3. The van der Waals surface area contributed by atoms with Crippen molar-refractivity contribution < 1.29 is 18.0 Å². The number of nitrogens with one attached hydrogen (secondary N) is 2. The number of nitrogens with zero attached hydrogens (tertiary/aromatic N) is 1. The van der Waals surface area contributed by atoms with E-state index in [2.05, 4.69) is 22.0 Å². The second-order valence-corrected chi connectivity index (χ2v) is 11.2. The quantitative estimate of drug-likeness (QED) is 0.411. The summed E-state index contributed by atoms with van der Waals surface area (Å²) in [6.07, 6.45) is -2.81. The molecule has 0 radical (unpaired) electrons. The second kappa shape index (κ2) is 10.3. The molecule has 0 spiro atoms. The number of hydrogen-bond acceptors (Lipinski definition) is 4. The fourth-order valence-corrected chi connectivity index (χ4v) is 6.12. The summed E-state index contributed by atoms with van der Waals surface area (Å²) in [5.41, 5.74) is 1.98. The summed E-state index contributed by atoms with van der Waals surface area (Å²) < 4.78 is 44.9. The number of rotatable bonds is 5. The highest BCUT2D eigenvalue weighted by Crippen LogP contribution is 2.57. The highest BCUT2D eigenvalue weighted by molar-refractivity contribution is 7.99. The minimum Gasteiger partial charge on any atom is -0.350 e.